The zero-order valence-electron chi connectivity index (χ0n) is 10.8. The number of anilines is 1. The van der Waals surface area contributed by atoms with Crippen LogP contribution in [0.1, 0.15) is 19.8 Å². The number of nitrogens with one attached hydrogen (secondary N) is 2. The number of sulfone groups is 1. The van der Waals surface area contributed by atoms with Gasteiger partial charge in [0.15, 0.2) is 9.84 Å². The average Bonchev–Trinajstić information content (AvgIpc) is 2.40. The van der Waals surface area contributed by atoms with Crippen molar-refractivity contribution in [3.05, 3.63) is 24.3 Å². The monoisotopic (exact) mass is 282 g/mol. The van der Waals surface area contributed by atoms with Gasteiger partial charge in [-0.15, -0.1) is 0 Å². The average molecular weight is 282 g/mol. The first kappa shape index (κ1) is 14.0. The van der Waals surface area contributed by atoms with Gasteiger partial charge in [-0.1, -0.05) is 0 Å². The standard InChI is InChI=1S/C13H18N2O3S/c1-10(16)15-11-2-4-12(5-3-11)19(17,18)13-6-8-14-9-7-13/h2-5,13-14H,6-9H2,1H3,(H,15,16). The van der Waals surface area contributed by atoms with Crippen molar-refractivity contribution >= 4 is 21.4 Å². The van der Waals surface area contributed by atoms with Crippen LogP contribution in [0.2, 0.25) is 0 Å². The van der Waals surface area contributed by atoms with E-state index in [-0.39, 0.29) is 11.2 Å². The van der Waals surface area contributed by atoms with Crippen molar-refractivity contribution in [2.75, 3.05) is 18.4 Å². The largest absolute Gasteiger partial charge is 0.326 e. The molecule has 0 aliphatic carbocycles. The van der Waals surface area contributed by atoms with Crippen LogP contribution in [0.5, 0.6) is 0 Å². The number of amides is 1. The highest BCUT2D eigenvalue weighted by atomic mass is 32.2. The Kier molecular flexibility index (Phi) is 4.21. The van der Waals surface area contributed by atoms with Crippen LogP contribution in [0, 0.1) is 0 Å². The molecule has 0 saturated carbocycles. The van der Waals surface area contributed by atoms with Crippen molar-refractivity contribution in [3.63, 3.8) is 0 Å². The summed E-state index contributed by atoms with van der Waals surface area (Å²) in [5, 5.41) is 5.47. The third-order valence-corrected chi connectivity index (χ3v) is 5.51. The first-order chi connectivity index (χ1) is 9.00. The first-order valence-corrected chi connectivity index (χ1v) is 7.87. The lowest BCUT2D eigenvalue weighted by Gasteiger charge is -2.22. The number of piperidine rings is 1. The highest BCUT2D eigenvalue weighted by Gasteiger charge is 2.28. The van der Waals surface area contributed by atoms with Crippen LogP contribution in [0.25, 0.3) is 0 Å². The van der Waals surface area contributed by atoms with Crippen molar-refractivity contribution in [1.29, 1.82) is 0 Å². The van der Waals surface area contributed by atoms with E-state index < -0.39 is 9.84 Å². The highest BCUT2D eigenvalue weighted by Crippen LogP contribution is 2.23. The van der Waals surface area contributed by atoms with E-state index in [4.69, 9.17) is 0 Å². The van der Waals surface area contributed by atoms with E-state index in [1.165, 1.54) is 6.92 Å². The molecule has 0 unspecified atom stereocenters. The Morgan fingerprint density at radius 1 is 1.21 bits per heavy atom. The van der Waals surface area contributed by atoms with E-state index in [0.717, 1.165) is 13.1 Å². The van der Waals surface area contributed by atoms with Crippen LogP contribution in [-0.2, 0) is 14.6 Å². The number of hydrogen-bond donors (Lipinski definition) is 2. The molecule has 0 aromatic heterocycles. The molecule has 0 spiro atoms. The molecule has 1 aliphatic heterocycles. The molecular weight excluding hydrogens is 264 g/mol. The van der Waals surface area contributed by atoms with Crippen molar-refractivity contribution in [2.45, 2.75) is 29.9 Å². The van der Waals surface area contributed by atoms with Crippen molar-refractivity contribution < 1.29 is 13.2 Å². The van der Waals surface area contributed by atoms with Gasteiger partial charge in [0.1, 0.15) is 0 Å². The molecule has 0 bridgehead atoms. The second-order valence-electron chi connectivity index (χ2n) is 4.70. The Morgan fingerprint density at radius 3 is 2.32 bits per heavy atom. The summed E-state index contributed by atoms with van der Waals surface area (Å²) in [6, 6.07) is 6.36. The van der Waals surface area contributed by atoms with Gasteiger partial charge in [0, 0.05) is 12.6 Å². The summed E-state index contributed by atoms with van der Waals surface area (Å²) in [4.78, 5) is 11.2. The summed E-state index contributed by atoms with van der Waals surface area (Å²) >= 11 is 0. The fourth-order valence-electron chi connectivity index (χ4n) is 2.23. The van der Waals surface area contributed by atoms with Gasteiger partial charge >= 0.3 is 0 Å². The molecule has 1 saturated heterocycles. The van der Waals surface area contributed by atoms with Crippen LogP contribution >= 0.6 is 0 Å². The van der Waals surface area contributed by atoms with E-state index in [2.05, 4.69) is 10.6 Å². The first-order valence-electron chi connectivity index (χ1n) is 6.32. The Hall–Kier alpha value is -1.40. The summed E-state index contributed by atoms with van der Waals surface area (Å²) < 4.78 is 24.8. The van der Waals surface area contributed by atoms with Crippen LogP contribution < -0.4 is 10.6 Å². The second-order valence-corrected chi connectivity index (χ2v) is 6.93. The fraction of sp³-hybridized carbons (Fsp3) is 0.462. The molecular formula is C13H18N2O3S. The molecule has 104 valence electrons. The molecule has 1 heterocycles. The van der Waals surface area contributed by atoms with Gasteiger partial charge in [-0.2, -0.15) is 0 Å². The third kappa shape index (κ3) is 3.33. The minimum Gasteiger partial charge on any atom is -0.326 e. The minimum atomic E-state index is -3.26. The van der Waals surface area contributed by atoms with Gasteiger partial charge in [-0.3, -0.25) is 4.79 Å². The lowest BCUT2D eigenvalue weighted by Crippen LogP contribution is -2.35. The maximum Gasteiger partial charge on any atom is 0.221 e. The topological polar surface area (TPSA) is 75.3 Å². The van der Waals surface area contributed by atoms with Gasteiger partial charge in [0.25, 0.3) is 0 Å². The lowest BCUT2D eigenvalue weighted by atomic mass is 10.2. The van der Waals surface area contributed by atoms with E-state index in [0.29, 0.717) is 23.4 Å². The zero-order valence-corrected chi connectivity index (χ0v) is 11.7. The van der Waals surface area contributed by atoms with Crippen LogP contribution in [0.15, 0.2) is 29.2 Å². The molecule has 1 aliphatic rings. The molecule has 0 atom stereocenters. The lowest BCUT2D eigenvalue weighted by molar-refractivity contribution is -0.114. The summed E-state index contributed by atoms with van der Waals surface area (Å²) in [5.41, 5.74) is 0.608. The molecule has 1 aromatic carbocycles. The summed E-state index contributed by atoms with van der Waals surface area (Å²) in [7, 11) is -3.26. The third-order valence-electron chi connectivity index (χ3n) is 3.23. The highest BCUT2D eigenvalue weighted by molar-refractivity contribution is 7.92. The molecule has 1 aromatic rings. The quantitative estimate of drug-likeness (QED) is 0.872. The number of rotatable bonds is 3. The Morgan fingerprint density at radius 2 is 1.79 bits per heavy atom. The van der Waals surface area contributed by atoms with Crippen molar-refractivity contribution in [1.82, 2.24) is 5.32 Å². The molecule has 1 fully saturated rings. The maximum atomic E-state index is 12.4. The summed E-state index contributed by atoms with van der Waals surface area (Å²) in [6.45, 7) is 2.90. The van der Waals surface area contributed by atoms with E-state index in [1.54, 1.807) is 24.3 Å². The second kappa shape index (κ2) is 5.71. The normalized spacial score (nSPS) is 17.1. The Bertz CT molecular complexity index is 546. The molecule has 5 nitrogen and oxygen atoms in total. The van der Waals surface area contributed by atoms with Gasteiger partial charge in [-0.25, -0.2) is 8.42 Å². The number of benzene rings is 1. The van der Waals surface area contributed by atoms with Crippen LogP contribution in [0.3, 0.4) is 0 Å². The summed E-state index contributed by atoms with van der Waals surface area (Å²) in [6.07, 6.45) is 1.30. The number of hydrogen-bond acceptors (Lipinski definition) is 4. The zero-order chi connectivity index (χ0) is 13.9. The summed E-state index contributed by atoms with van der Waals surface area (Å²) in [5.74, 6) is -0.172. The van der Waals surface area contributed by atoms with E-state index in [9.17, 15) is 13.2 Å². The van der Waals surface area contributed by atoms with E-state index >= 15 is 0 Å². The molecule has 0 radical (unpaired) electrons. The van der Waals surface area contributed by atoms with Gasteiger partial charge in [0.05, 0.1) is 10.1 Å². The van der Waals surface area contributed by atoms with E-state index in [1.807, 2.05) is 0 Å². The predicted molar refractivity (Wildman–Crippen MR) is 73.8 cm³/mol. The van der Waals surface area contributed by atoms with Crippen molar-refractivity contribution in [3.8, 4) is 0 Å². The molecule has 2 rings (SSSR count). The number of carbonyl (C=O) groups is 1. The predicted octanol–water partition coefficient (Wildman–Crippen LogP) is 1.17. The van der Waals surface area contributed by atoms with Crippen LogP contribution in [-0.4, -0.2) is 32.7 Å². The smallest absolute Gasteiger partial charge is 0.221 e. The minimum absolute atomic E-state index is 0.172. The van der Waals surface area contributed by atoms with Gasteiger partial charge in [-0.05, 0) is 50.2 Å². The maximum absolute atomic E-state index is 12.4. The Labute approximate surface area is 113 Å². The Balaban J connectivity index is 2.18. The molecule has 2 N–H and O–H groups in total. The SMILES string of the molecule is CC(=O)Nc1ccc(S(=O)(=O)C2CCNCC2)cc1. The molecule has 1 amide bonds. The molecule has 19 heavy (non-hydrogen) atoms. The number of carbonyl (C=O) groups excluding carboxylic acids is 1. The van der Waals surface area contributed by atoms with Crippen molar-refractivity contribution in [2.24, 2.45) is 0 Å². The van der Waals surface area contributed by atoms with Gasteiger partial charge in [0.2, 0.25) is 5.91 Å². The molecule has 6 heteroatoms. The fourth-order valence-corrected chi connectivity index (χ4v) is 3.99. The van der Waals surface area contributed by atoms with Crippen LogP contribution in [0.4, 0.5) is 5.69 Å². The van der Waals surface area contributed by atoms with Gasteiger partial charge < -0.3 is 10.6 Å².